The maximum Gasteiger partial charge on any atom is 0.304 e. The van der Waals surface area contributed by atoms with Crippen molar-refractivity contribution < 1.29 is 23.1 Å². The van der Waals surface area contributed by atoms with Crippen molar-refractivity contribution in [3.63, 3.8) is 0 Å². The van der Waals surface area contributed by atoms with Crippen molar-refractivity contribution in [1.29, 1.82) is 5.26 Å². The maximum absolute atomic E-state index is 11.8. The van der Waals surface area contributed by atoms with E-state index in [4.69, 9.17) is 15.1 Å². The SMILES string of the molecule is COc1ccc(C#N)cc1CS(=O)(=O)CCC(=O)O. The van der Waals surface area contributed by atoms with Crippen LogP contribution >= 0.6 is 0 Å². The standard InChI is InChI=1S/C12H13NO5S/c1-18-11-3-2-9(7-13)6-10(11)8-19(16,17)5-4-12(14)15/h2-3,6H,4-5,8H2,1H3,(H,14,15). The summed E-state index contributed by atoms with van der Waals surface area (Å²) >= 11 is 0. The summed E-state index contributed by atoms with van der Waals surface area (Å²) in [5.74, 6) is -1.60. The average Bonchev–Trinajstić information content (AvgIpc) is 2.36. The zero-order valence-corrected chi connectivity index (χ0v) is 11.1. The van der Waals surface area contributed by atoms with E-state index in [9.17, 15) is 13.2 Å². The molecule has 0 fully saturated rings. The number of nitrogens with zero attached hydrogens (tertiary/aromatic N) is 1. The van der Waals surface area contributed by atoms with Crippen molar-refractivity contribution in [1.82, 2.24) is 0 Å². The quantitative estimate of drug-likeness (QED) is 0.833. The van der Waals surface area contributed by atoms with Crippen molar-refractivity contribution in [3.05, 3.63) is 29.3 Å². The Morgan fingerprint density at radius 3 is 2.68 bits per heavy atom. The number of sulfone groups is 1. The van der Waals surface area contributed by atoms with Crippen LogP contribution in [0.5, 0.6) is 5.75 Å². The van der Waals surface area contributed by atoms with E-state index >= 15 is 0 Å². The number of hydrogen-bond donors (Lipinski definition) is 1. The van der Waals surface area contributed by atoms with Gasteiger partial charge in [0.05, 0.1) is 36.7 Å². The Hall–Kier alpha value is -2.07. The van der Waals surface area contributed by atoms with Gasteiger partial charge in [0.25, 0.3) is 0 Å². The molecule has 1 aromatic carbocycles. The highest BCUT2D eigenvalue weighted by molar-refractivity contribution is 7.90. The summed E-state index contributed by atoms with van der Waals surface area (Å²) in [6, 6.07) is 6.37. The third-order valence-corrected chi connectivity index (χ3v) is 3.99. The van der Waals surface area contributed by atoms with Gasteiger partial charge in [0.15, 0.2) is 9.84 Å². The third kappa shape index (κ3) is 4.60. The van der Waals surface area contributed by atoms with Crippen LogP contribution in [0.3, 0.4) is 0 Å². The number of hydrogen-bond acceptors (Lipinski definition) is 5. The van der Waals surface area contributed by atoms with Crippen molar-refractivity contribution in [3.8, 4) is 11.8 Å². The Morgan fingerprint density at radius 2 is 2.16 bits per heavy atom. The lowest BCUT2D eigenvalue weighted by atomic mass is 10.1. The van der Waals surface area contributed by atoms with Crippen LogP contribution in [0, 0.1) is 11.3 Å². The normalized spacial score (nSPS) is 10.7. The van der Waals surface area contributed by atoms with Gasteiger partial charge < -0.3 is 9.84 Å². The molecule has 0 heterocycles. The Bertz CT molecular complexity index is 615. The van der Waals surface area contributed by atoms with Gasteiger partial charge in [0.1, 0.15) is 5.75 Å². The summed E-state index contributed by atoms with van der Waals surface area (Å²) in [4.78, 5) is 10.4. The van der Waals surface area contributed by atoms with E-state index in [1.165, 1.54) is 25.3 Å². The van der Waals surface area contributed by atoms with Crippen LogP contribution in [0.1, 0.15) is 17.5 Å². The zero-order valence-electron chi connectivity index (χ0n) is 10.3. The number of ether oxygens (including phenoxy) is 1. The second-order valence-corrected chi connectivity index (χ2v) is 6.06. The summed E-state index contributed by atoms with van der Waals surface area (Å²) in [5, 5.41) is 17.3. The Labute approximate surface area is 111 Å². The molecule has 0 aromatic heterocycles. The van der Waals surface area contributed by atoms with E-state index in [0.29, 0.717) is 16.9 Å². The summed E-state index contributed by atoms with van der Waals surface area (Å²) < 4.78 is 28.6. The zero-order chi connectivity index (χ0) is 14.5. The molecular formula is C12H13NO5S. The fourth-order valence-electron chi connectivity index (χ4n) is 1.51. The van der Waals surface area contributed by atoms with Gasteiger partial charge in [-0.05, 0) is 18.2 Å². The van der Waals surface area contributed by atoms with Crippen molar-refractivity contribution in [2.45, 2.75) is 12.2 Å². The molecule has 1 N–H and O–H groups in total. The van der Waals surface area contributed by atoms with Gasteiger partial charge in [-0.15, -0.1) is 0 Å². The molecule has 0 aliphatic carbocycles. The second-order valence-electron chi connectivity index (χ2n) is 3.87. The Morgan fingerprint density at radius 1 is 1.47 bits per heavy atom. The van der Waals surface area contributed by atoms with E-state index in [0.717, 1.165) is 0 Å². The van der Waals surface area contributed by atoms with Crippen LogP contribution in [-0.4, -0.2) is 32.4 Å². The fraction of sp³-hybridized carbons (Fsp3) is 0.333. The summed E-state index contributed by atoms with van der Waals surface area (Å²) in [6.07, 6.45) is -0.442. The van der Waals surface area contributed by atoms with Gasteiger partial charge in [0.2, 0.25) is 0 Å². The lowest BCUT2D eigenvalue weighted by Gasteiger charge is -2.09. The lowest BCUT2D eigenvalue weighted by Crippen LogP contribution is -2.13. The van der Waals surface area contributed by atoms with E-state index in [1.54, 1.807) is 0 Å². The van der Waals surface area contributed by atoms with Crippen molar-refractivity contribution in [2.24, 2.45) is 0 Å². The lowest BCUT2D eigenvalue weighted by molar-refractivity contribution is -0.136. The highest BCUT2D eigenvalue weighted by Gasteiger charge is 2.17. The molecule has 0 saturated heterocycles. The largest absolute Gasteiger partial charge is 0.496 e. The molecule has 0 aliphatic rings. The van der Waals surface area contributed by atoms with Crippen molar-refractivity contribution in [2.75, 3.05) is 12.9 Å². The summed E-state index contributed by atoms with van der Waals surface area (Å²) in [5.41, 5.74) is 0.677. The summed E-state index contributed by atoms with van der Waals surface area (Å²) in [7, 11) is -2.16. The first-order valence-corrected chi connectivity index (χ1v) is 7.19. The molecule has 0 spiro atoms. The average molecular weight is 283 g/mol. The van der Waals surface area contributed by atoms with Gasteiger partial charge >= 0.3 is 5.97 Å². The molecule has 0 unspecified atom stereocenters. The number of benzene rings is 1. The molecule has 1 aromatic rings. The topological polar surface area (TPSA) is 104 Å². The van der Waals surface area contributed by atoms with Crippen molar-refractivity contribution >= 4 is 15.8 Å². The van der Waals surface area contributed by atoms with E-state index < -0.39 is 28.0 Å². The van der Waals surface area contributed by atoms with Gasteiger partial charge in [-0.25, -0.2) is 8.42 Å². The van der Waals surface area contributed by atoms with E-state index in [1.807, 2.05) is 6.07 Å². The number of carboxylic acids is 1. The smallest absolute Gasteiger partial charge is 0.304 e. The van der Waals surface area contributed by atoms with Gasteiger partial charge in [-0.2, -0.15) is 5.26 Å². The molecule has 0 aliphatic heterocycles. The highest BCUT2D eigenvalue weighted by atomic mass is 32.2. The molecule has 0 radical (unpaired) electrons. The molecule has 0 amide bonds. The van der Waals surface area contributed by atoms with Crippen LogP contribution < -0.4 is 4.74 Å². The first-order chi connectivity index (χ1) is 8.88. The molecule has 7 heteroatoms. The van der Waals surface area contributed by atoms with Crippen LogP contribution in [-0.2, 0) is 20.4 Å². The van der Waals surface area contributed by atoms with Gasteiger partial charge in [-0.1, -0.05) is 0 Å². The van der Waals surface area contributed by atoms with Gasteiger partial charge in [0, 0.05) is 5.56 Å². The number of rotatable bonds is 6. The second kappa shape index (κ2) is 6.20. The fourth-order valence-corrected chi connectivity index (χ4v) is 2.84. The predicted octanol–water partition coefficient (Wildman–Crippen LogP) is 0.956. The molecule has 0 bridgehead atoms. The number of methoxy groups -OCH3 is 1. The molecule has 102 valence electrons. The van der Waals surface area contributed by atoms with E-state index in [2.05, 4.69) is 0 Å². The van der Waals surface area contributed by atoms with Gasteiger partial charge in [-0.3, -0.25) is 4.79 Å². The summed E-state index contributed by atoms with van der Waals surface area (Å²) in [6.45, 7) is 0. The number of carbonyl (C=O) groups is 1. The van der Waals surface area contributed by atoms with E-state index in [-0.39, 0.29) is 5.75 Å². The maximum atomic E-state index is 11.8. The minimum Gasteiger partial charge on any atom is -0.496 e. The van der Waals surface area contributed by atoms with Crippen LogP contribution in [0.15, 0.2) is 18.2 Å². The molecule has 19 heavy (non-hydrogen) atoms. The molecule has 6 nitrogen and oxygen atoms in total. The molecule has 0 saturated carbocycles. The highest BCUT2D eigenvalue weighted by Crippen LogP contribution is 2.22. The minimum absolute atomic E-state index is 0.323. The predicted molar refractivity (Wildman–Crippen MR) is 67.5 cm³/mol. The van der Waals surface area contributed by atoms with Crippen LogP contribution in [0.25, 0.3) is 0 Å². The molecule has 1 rings (SSSR count). The number of aliphatic carboxylic acids is 1. The van der Waals surface area contributed by atoms with Crippen LogP contribution in [0.2, 0.25) is 0 Å². The monoisotopic (exact) mass is 283 g/mol. The first kappa shape index (κ1) is 15.0. The number of nitriles is 1. The number of carboxylic acid groups (broad SMARTS) is 1. The first-order valence-electron chi connectivity index (χ1n) is 5.37. The third-order valence-electron chi connectivity index (χ3n) is 2.41. The minimum atomic E-state index is -3.56. The Balaban J connectivity index is 2.97. The molecular weight excluding hydrogens is 270 g/mol. The van der Waals surface area contributed by atoms with Crippen LogP contribution in [0.4, 0.5) is 0 Å². The Kier molecular flexibility index (Phi) is 4.89. The molecule has 0 atom stereocenters.